The van der Waals surface area contributed by atoms with Crippen LogP contribution in [0.4, 0.5) is 0 Å². The van der Waals surface area contributed by atoms with Gasteiger partial charge in [0.25, 0.3) is 0 Å². The van der Waals surface area contributed by atoms with Crippen molar-refractivity contribution in [3.05, 3.63) is 0 Å². The molecule has 1 spiro atoms. The minimum absolute atomic E-state index is 0. The van der Waals surface area contributed by atoms with E-state index in [-0.39, 0.29) is 12.4 Å². The third kappa shape index (κ3) is 2.78. The molecule has 1 amide bonds. The lowest BCUT2D eigenvalue weighted by atomic mass is 9.67. The average Bonchev–Trinajstić information content (AvgIpc) is 3.03. The van der Waals surface area contributed by atoms with Crippen molar-refractivity contribution in [3.8, 4) is 0 Å². The van der Waals surface area contributed by atoms with Crippen molar-refractivity contribution in [2.45, 2.75) is 51.9 Å². The highest BCUT2D eigenvalue weighted by Crippen LogP contribution is 2.58. The minimum atomic E-state index is 0. The Kier molecular flexibility index (Phi) is 4.46. The number of hydrogen-bond donors (Lipinski definition) is 2. The Hall–Kier alpha value is -0.280. The van der Waals surface area contributed by atoms with Gasteiger partial charge in [0.2, 0.25) is 5.91 Å². The largest absolute Gasteiger partial charge is 0.355 e. The number of nitrogens with one attached hydrogen (secondary N) is 2. The van der Waals surface area contributed by atoms with Gasteiger partial charge in [0.1, 0.15) is 0 Å². The Morgan fingerprint density at radius 1 is 1.26 bits per heavy atom. The fourth-order valence-corrected chi connectivity index (χ4v) is 3.93. The topological polar surface area (TPSA) is 41.1 Å². The molecule has 3 nitrogen and oxygen atoms in total. The predicted octanol–water partition coefficient (Wildman–Crippen LogP) is 2.49. The summed E-state index contributed by atoms with van der Waals surface area (Å²) in [7, 11) is 0. The van der Waals surface area contributed by atoms with E-state index in [1.54, 1.807) is 0 Å². The van der Waals surface area contributed by atoms with Crippen LogP contribution < -0.4 is 10.6 Å². The van der Waals surface area contributed by atoms with Crippen molar-refractivity contribution in [3.63, 3.8) is 0 Å². The fraction of sp³-hybridized carbons (Fsp3) is 0.933. The van der Waals surface area contributed by atoms with Crippen LogP contribution in [0, 0.1) is 16.7 Å². The standard InChI is InChI=1S/C15H26N2O.ClH/c1-2-14(4-3-5-14)11-17-13(18)12-10-15(12)6-8-16-9-7-15;/h12,16H,2-11H2,1H3,(H,17,18);1H. The van der Waals surface area contributed by atoms with Crippen molar-refractivity contribution in [2.24, 2.45) is 16.7 Å². The van der Waals surface area contributed by atoms with Crippen molar-refractivity contribution in [2.75, 3.05) is 19.6 Å². The zero-order chi connectivity index (χ0) is 12.6. The Labute approximate surface area is 122 Å². The number of hydrogen-bond acceptors (Lipinski definition) is 2. The van der Waals surface area contributed by atoms with E-state index >= 15 is 0 Å². The zero-order valence-corrected chi connectivity index (χ0v) is 12.8. The van der Waals surface area contributed by atoms with Crippen molar-refractivity contribution in [1.29, 1.82) is 0 Å². The van der Waals surface area contributed by atoms with Crippen molar-refractivity contribution >= 4 is 18.3 Å². The van der Waals surface area contributed by atoms with Gasteiger partial charge in [0.15, 0.2) is 0 Å². The maximum Gasteiger partial charge on any atom is 0.223 e. The van der Waals surface area contributed by atoms with E-state index in [2.05, 4.69) is 17.6 Å². The van der Waals surface area contributed by atoms with Crippen LogP contribution in [0.5, 0.6) is 0 Å². The van der Waals surface area contributed by atoms with Crippen LogP contribution in [0.25, 0.3) is 0 Å². The summed E-state index contributed by atoms with van der Waals surface area (Å²) in [4.78, 5) is 12.2. The van der Waals surface area contributed by atoms with Gasteiger partial charge in [0, 0.05) is 12.5 Å². The van der Waals surface area contributed by atoms with Crippen LogP contribution in [-0.4, -0.2) is 25.5 Å². The third-order valence-electron chi connectivity index (χ3n) is 5.91. The molecule has 3 aliphatic rings. The molecular weight excluding hydrogens is 260 g/mol. The maximum absolute atomic E-state index is 12.2. The normalized spacial score (nSPS) is 30.1. The van der Waals surface area contributed by atoms with E-state index in [4.69, 9.17) is 0 Å². The number of piperidine rings is 1. The monoisotopic (exact) mass is 286 g/mol. The molecule has 1 aliphatic heterocycles. The summed E-state index contributed by atoms with van der Waals surface area (Å²) in [5.74, 6) is 0.671. The maximum atomic E-state index is 12.2. The Morgan fingerprint density at radius 2 is 1.95 bits per heavy atom. The SMILES string of the molecule is CCC1(CNC(=O)C2CC23CCNCC3)CCC1.Cl. The van der Waals surface area contributed by atoms with Crippen LogP contribution >= 0.6 is 12.4 Å². The second-order valence-corrected chi connectivity index (χ2v) is 6.79. The zero-order valence-electron chi connectivity index (χ0n) is 12.0. The first-order valence-corrected chi connectivity index (χ1v) is 7.68. The molecule has 2 aliphatic carbocycles. The predicted molar refractivity (Wildman–Crippen MR) is 79.5 cm³/mol. The van der Waals surface area contributed by atoms with Gasteiger partial charge in [-0.3, -0.25) is 4.79 Å². The van der Waals surface area contributed by atoms with Gasteiger partial charge in [-0.25, -0.2) is 0 Å². The fourth-order valence-electron chi connectivity index (χ4n) is 3.93. The Balaban J connectivity index is 0.00000133. The number of carbonyl (C=O) groups is 1. The van der Waals surface area contributed by atoms with E-state index in [0.717, 1.165) is 26.1 Å². The van der Waals surface area contributed by atoms with Crippen LogP contribution in [0.15, 0.2) is 0 Å². The van der Waals surface area contributed by atoms with Gasteiger partial charge < -0.3 is 10.6 Å². The van der Waals surface area contributed by atoms with Gasteiger partial charge >= 0.3 is 0 Å². The number of halogens is 1. The first-order valence-electron chi connectivity index (χ1n) is 7.68. The number of carbonyl (C=O) groups excluding carboxylic acids is 1. The van der Waals surface area contributed by atoms with E-state index < -0.39 is 0 Å². The highest BCUT2D eigenvalue weighted by atomic mass is 35.5. The lowest BCUT2D eigenvalue weighted by Gasteiger charge is -2.41. The van der Waals surface area contributed by atoms with Crippen LogP contribution in [0.3, 0.4) is 0 Å². The molecule has 110 valence electrons. The number of amides is 1. The molecule has 1 unspecified atom stereocenters. The van der Waals surface area contributed by atoms with Crippen LogP contribution in [0.1, 0.15) is 51.9 Å². The molecule has 3 fully saturated rings. The van der Waals surface area contributed by atoms with E-state index in [1.165, 1.54) is 38.5 Å². The van der Waals surface area contributed by atoms with Gasteiger partial charge in [-0.15, -0.1) is 12.4 Å². The van der Waals surface area contributed by atoms with E-state index in [1.807, 2.05) is 0 Å². The van der Waals surface area contributed by atoms with E-state index in [0.29, 0.717) is 22.7 Å². The van der Waals surface area contributed by atoms with Gasteiger partial charge in [0.05, 0.1) is 0 Å². The molecule has 1 atom stereocenters. The summed E-state index contributed by atoms with van der Waals surface area (Å²) < 4.78 is 0. The quantitative estimate of drug-likeness (QED) is 0.834. The summed E-state index contributed by atoms with van der Waals surface area (Å²) in [6.07, 6.45) is 8.72. The van der Waals surface area contributed by atoms with Crippen molar-refractivity contribution < 1.29 is 4.79 Å². The lowest BCUT2D eigenvalue weighted by molar-refractivity contribution is -0.124. The summed E-state index contributed by atoms with van der Waals surface area (Å²) in [5, 5.41) is 6.64. The summed E-state index contributed by atoms with van der Waals surface area (Å²) in [5.41, 5.74) is 0.833. The highest BCUT2D eigenvalue weighted by Gasteiger charge is 2.57. The average molecular weight is 287 g/mol. The first kappa shape index (κ1) is 15.1. The molecule has 1 saturated heterocycles. The highest BCUT2D eigenvalue weighted by molar-refractivity contribution is 5.85. The number of rotatable bonds is 4. The molecule has 0 aromatic rings. The minimum Gasteiger partial charge on any atom is -0.355 e. The van der Waals surface area contributed by atoms with Gasteiger partial charge in [-0.1, -0.05) is 13.3 Å². The molecule has 4 heteroatoms. The molecule has 2 saturated carbocycles. The molecule has 0 bridgehead atoms. The summed E-state index contributed by atoms with van der Waals surface area (Å²) in [6, 6.07) is 0. The van der Waals surface area contributed by atoms with Crippen molar-refractivity contribution in [1.82, 2.24) is 10.6 Å². The molecule has 0 aromatic heterocycles. The second kappa shape index (κ2) is 5.61. The van der Waals surface area contributed by atoms with Gasteiger partial charge in [-0.2, -0.15) is 0 Å². The first-order chi connectivity index (χ1) is 8.70. The lowest BCUT2D eigenvalue weighted by Crippen LogP contribution is -2.43. The van der Waals surface area contributed by atoms with Crippen LogP contribution in [0.2, 0.25) is 0 Å². The summed E-state index contributed by atoms with van der Waals surface area (Å²) in [6.45, 7) is 5.38. The smallest absolute Gasteiger partial charge is 0.223 e. The van der Waals surface area contributed by atoms with E-state index in [9.17, 15) is 4.79 Å². The molecule has 1 heterocycles. The molecule has 0 aromatic carbocycles. The summed E-state index contributed by atoms with van der Waals surface area (Å²) >= 11 is 0. The van der Waals surface area contributed by atoms with Gasteiger partial charge in [-0.05, 0) is 62.4 Å². The molecule has 19 heavy (non-hydrogen) atoms. The Bertz CT molecular complexity index is 330. The van der Waals surface area contributed by atoms with Crippen LogP contribution in [-0.2, 0) is 4.79 Å². The molecular formula is C15H27ClN2O. The molecule has 0 radical (unpaired) electrons. The second-order valence-electron chi connectivity index (χ2n) is 6.79. The molecule has 2 N–H and O–H groups in total. The molecule has 3 rings (SSSR count). The Morgan fingerprint density at radius 3 is 2.47 bits per heavy atom. The third-order valence-corrected chi connectivity index (χ3v) is 5.91.